The maximum absolute atomic E-state index is 12.7. The van der Waals surface area contributed by atoms with Gasteiger partial charge in [-0.05, 0) is 56.7 Å². The Morgan fingerprint density at radius 3 is 2.48 bits per heavy atom. The van der Waals surface area contributed by atoms with Gasteiger partial charge in [0.15, 0.2) is 0 Å². The molecule has 1 aromatic carbocycles. The number of nitrogens with one attached hydrogen (secondary N) is 1. The minimum absolute atomic E-state index is 0.162. The zero-order valence-corrected chi connectivity index (χ0v) is 17.7. The molecular formula is C21H26N4O3S. The molecule has 1 aliphatic heterocycles. The van der Waals surface area contributed by atoms with E-state index in [1.165, 1.54) is 11.8 Å². The first-order chi connectivity index (χ1) is 13.8. The van der Waals surface area contributed by atoms with Gasteiger partial charge in [-0.15, -0.1) is 0 Å². The fourth-order valence-corrected chi connectivity index (χ4v) is 4.31. The maximum Gasteiger partial charge on any atom is 0.251 e. The van der Waals surface area contributed by atoms with Crippen LogP contribution in [-0.2, 0) is 9.53 Å². The Labute approximate surface area is 175 Å². The number of rotatable bonds is 6. The third-order valence-electron chi connectivity index (χ3n) is 4.73. The van der Waals surface area contributed by atoms with Gasteiger partial charge in [0.25, 0.3) is 5.91 Å². The lowest BCUT2D eigenvalue weighted by atomic mass is 10.1. The van der Waals surface area contributed by atoms with Crippen molar-refractivity contribution in [2.75, 3.05) is 36.5 Å². The van der Waals surface area contributed by atoms with Crippen molar-refractivity contribution in [3.05, 3.63) is 47.2 Å². The number of anilines is 2. The molecule has 154 valence electrons. The van der Waals surface area contributed by atoms with E-state index < -0.39 is 11.2 Å². The summed E-state index contributed by atoms with van der Waals surface area (Å²) in [4.78, 5) is 31.1. The van der Waals surface area contributed by atoms with Gasteiger partial charge in [-0.3, -0.25) is 9.59 Å². The van der Waals surface area contributed by atoms with Crippen LogP contribution < -0.4 is 16.0 Å². The van der Waals surface area contributed by atoms with Crippen molar-refractivity contribution in [3.63, 3.8) is 0 Å². The Morgan fingerprint density at radius 2 is 1.86 bits per heavy atom. The van der Waals surface area contributed by atoms with Crippen LogP contribution in [0.4, 0.5) is 11.4 Å². The van der Waals surface area contributed by atoms with Crippen molar-refractivity contribution in [1.82, 2.24) is 4.98 Å². The standard InChI is InChI=1S/C21H26N4O3S/c1-13-12-14(2)23-21(18(13)19(22)26)29-15(3)20(27)24-16-4-6-17(7-5-16)25-8-10-28-11-9-25/h4-7,12,15H,8-11H2,1-3H3,(H2,22,26)(H,24,27). The number of nitrogens with two attached hydrogens (primary N) is 1. The zero-order chi connectivity index (χ0) is 21.0. The number of benzene rings is 1. The highest BCUT2D eigenvalue weighted by Gasteiger charge is 2.21. The van der Waals surface area contributed by atoms with Crippen molar-refractivity contribution < 1.29 is 14.3 Å². The number of aryl methyl sites for hydroxylation is 2. The Hall–Kier alpha value is -2.58. The van der Waals surface area contributed by atoms with E-state index in [0.717, 1.165) is 48.9 Å². The first-order valence-corrected chi connectivity index (χ1v) is 10.4. The molecule has 2 aromatic rings. The van der Waals surface area contributed by atoms with Crippen molar-refractivity contribution in [2.24, 2.45) is 5.73 Å². The lowest BCUT2D eigenvalue weighted by Crippen LogP contribution is -2.36. The normalized spacial score (nSPS) is 15.1. The van der Waals surface area contributed by atoms with Gasteiger partial charge in [0.05, 0.1) is 24.0 Å². The number of primary amides is 1. The first kappa shape index (κ1) is 21.1. The molecule has 2 heterocycles. The number of nitrogens with zero attached hydrogens (tertiary/aromatic N) is 2. The summed E-state index contributed by atoms with van der Waals surface area (Å²) in [6.07, 6.45) is 0. The summed E-state index contributed by atoms with van der Waals surface area (Å²) in [6.45, 7) is 8.64. The lowest BCUT2D eigenvalue weighted by Gasteiger charge is -2.28. The van der Waals surface area contributed by atoms with E-state index in [1.807, 2.05) is 44.2 Å². The number of carbonyl (C=O) groups excluding carboxylic acids is 2. The van der Waals surface area contributed by atoms with Crippen LogP contribution in [-0.4, -0.2) is 48.4 Å². The van der Waals surface area contributed by atoms with Crippen LogP contribution in [0, 0.1) is 13.8 Å². The van der Waals surface area contributed by atoms with Gasteiger partial charge in [-0.1, -0.05) is 11.8 Å². The molecule has 1 saturated heterocycles. The van der Waals surface area contributed by atoms with Crippen molar-refractivity contribution in [1.29, 1.82) is 0 Å². The molecule has 2 amide bonds. The van der Waals surface area contributed by atoms with Crippen LogP contribution in [0.1, 0.15) is 28.5 Å². The monoisotopic (exact) mass is 414 g/mol. The second-order valence-corrected chi connectivity index (χ2v) is 8.35. The smallest absolute Gasteiger partial charge is 0.251 e. The highest BCUT2D eigenvalue weighted by molar-refractivity contribution is 8.00. The number of hydrogen-bond acceptors (Lipinski definition) is 6. The summed E-state index contributed by atoms with van der Waals surface area (Å²) in [5.41, 5.74) is 9.26. The van der Waals surface area contributed by atoms with Gasteiger partial charge in [0, 0.05) is 30.2 Å². The number of amides is 2. The molecule has 0 aliphatic carbocycles. The highest BCUT2D eigenvalue weighted by atomic mass is 32.2. The van der Waals surface area contributed by atoms with Gasteiger partial charge >= 0.3 is 0 Å². The Bertz CT molecular complexity index is 896. The SMILES string of the molecule is Cc1cc(C)c(C(N)=O)c(SC(C)C(=O)Nc2ccc(N3CCOCC3)cc2)n1. The zero-order valence-electron chi connectivity index (χ0n) is 16.9. The molecule has 7 nitrogen and oxygen atoms in total. The van der Waals surface area contributed by atoms with Crippen LogP contribution >= 0.6 is 11.8 Å². The average molecular weight is 415 g/mol. The number of hydrogen-bond donors (Lipinski definition) is 2. The predicted molar refractivity (Wildman–Crippen MR) is 116 cm³/mol. The molecule has 3 N–H and O–H groups in total. The molecule has 0 bridgehead atoms. The summed E-state index contributed by atoms with van der Waals surface area (Å²) in [5, 5.41) is 2.97. The molecule has 0 spiro atoms. The van der Waals surface area contributed by atoms with E-state index in [0.29, 0.717) is 10.6 Å². The lowest BCUT2D eigenvalue weighted by molar-refractivity contribution is -0.115. The molecule has 1 atom stereocenters. The van der Waals surface area contributed by atoms with Crippen molar-refractivity contribution in [3.8, 4) is 0 Å². The number of morpholine rings is 1. The Kier molecular flexibility index (Phi) is 6.76. The van der Waals surface area contributed by atoms with Crippen LogP contribution in [0.15, 0.2) is 35.4 Å². The number of pyridine rings is 1. The maximum atomic E-state index is 12.7. The summed E-state index contributed by atoms with van der Waals surface area (Å²) in [7, 11) is 0. The molecule has 1 fully saturated rings. The molecular weight excluding hydrogens is 388 g/mol. The molecule has 1 unspecified atom stereocenters. The minimum atomic E-state index is -0.538. The second-order valence-electron chi connectivity index (χ2n) is 7.02. The van der Waals surface area contributed by atoms with E-state index in [2.05, 4.69) is 15.2 Å². The molecule has 8 heteroatoms. The van der Waals surface area contributed by atoms with Crippen LogP contribution in [0.2, 0.25) is 0 Å². The largest absolute Gasteiger partial charge is 0.378 e. The quantitative estimate of drug-likeness (QED) is 0.706. The topological polar surface area (TPSA) is 97.5 Å². The first-order valence-electron chi connectivity index (χ1n) is 9.53. The summed E-state index contributed by atoms with van der Waals surface area (Å²) in [5.74, 6) is -0.700. The number of thioether (sulfide) groups is 1. The Balaban J connectivity index is 1.66. The van der Waals surface area contributed by atoms with E-state index in [9.17, 15) is 9.59 Å². The van der Waals surface area contributed by atoms with Crippen LogP contribution in [0.3, 0.4) is 0 Å². The van der Waals surface area contributed by atoms with E-state index in [1.54, 1.807) is 6.92 Å². The summed E-state index contributed by atoms with van der Waals surface area (Å²) in [6, 6.07) is 9.59. The fourth-order valence-electron chi connectivity index (χ4n) is 3.23. The number of aromatic nitrogens is 1. The molecule has 1 aromatic heterocycles. The van der Waals surface area contributed by atoms with E-state index in [4.69, 9.17) is 10.5 Å². The Morgan fingerprint density at radius 1 is 1.21 bits per heavy atom. The molecule has 0 saturated carbocycles. The van der Waals surface area contributed by atoms with E-state index in [-0.39, 0.29) is 5.91 Å². The second kappa shape index (κ2) is 9.28. The molecule has 29 heavy (non-hydrogen) atoms. The molecule has 0 radical (unpaired) electrons. The molecule has 3 rings (SSSR count). The van der Waals surface area contributed by atoms with Crippen LogP contribution in [0.25, 0.3) is 0 Å². The van der Waals surface area contributed by atoms with Crippen LogP contribution in [0.5, 0.6) is 0 Å². The number of carbonyl (C=O) groups is 2. The van der Waals surface area contributed by atoms with Gasteiger partial charge in [-0.2, -0.15) is 0 Å². The third-order valence-corrected chi connectivity index (χ3v) is 5.81. The van der Waals surface area contributed by atoms with Gasteiger partial charge in [0.1, 0.15) is 5.03 Å². The van der Waals surface area contributed by atoms with Crippen molar-refractivity contribution >= 4 is 35.0 Å². The minimum Gasteiger partial charge on any atom is -0.378 e. The van der Waals surface area contributed by atoms with Gasteiger partial charge in [0.2, 0.25) is 5.91 Å². The molecule has 1 aliphatic rings. The van der Waals surface area contributed by atoms with E-state index >= 15 is 0 Å². The average Bonchev–Trinajstić information content (AvgIpc) is 2.68. The van der Waals surface area contributed by atoms with Gasteiger partial charge in [-0.25, -0.2) is 4.98 Å². The summed E-state index contributed by atoms with van der Waals surface area (Å²) >= 11 is 1.23. The number of ether oxygens (including phenoxy) is 1. The van der Waals surface area contributed by atoms with Crippen molar-refractivity contribution in [2.45, 2.75) is 31.0 Å². The van der Waals surface area contributed by atoms with Gasteiger partial charge < -0.3 is 20.7 Å². The predicted octanol–water partition coefficient (Wildman–Crippen LogP) is 2.75. The highest BCUT2D eigenvalue weighted by Crippen LogP contribution is 2.28. The fraction of sp³-hybridized carbons (Fsp3) is 0.381. The summed E-state index contributed by atoms with van der Waals surface area (Å²) < 4.78 is 5.38. The third kappa shape index (κ3) is 5.27.